The fourth-order valence-electron chi connectivity index (χ4n) is 4.59. The zero-order valence-electron chi connectivity index (χ0n) is 19.5. The van der Waals surface area contributed by atoms with E-state index in [1.165, 1.54) is 12.1 Å². The lowest BCUT2D eigenvalue weighted by atomic mass is 9.96. The van der Waals surface area contributed by atoms with E-state index in [0.717, 1.165) is 32.1 Å². The number of aryl methyl sites for hydroxylation is 1. The van der Waals surface area contributed by atoms with Crippen LogP contribution in [0.2, 0.25) is 0 Å². The first-order valence-corrected chi connectivity index (χ1v) is 13.3. The summed E-state index contributed by atoms with van der Waals surface area (Å²) >= 11 is 0. The number of rotatable bonds is 7. The molecule has 1 heterocycles. The number of sulfonamides is 1. The molecule has 2 aromatic rings. The van der Waals surface area contributed by atoms with E-state index in [4.69, 9.17) is 4.74 Å². The number of carbonyl (C=O) groups is 1. The van der Waals surface area contributed by atoms with E-state index in [2.05, 4.69) is 4.72 Å². The van der Waals surface area contributed by atoms with Crippen molar-refractivity contribution in [2.24, 2.45) is 0 Å². The minimum Gasteiger partial charge on any atom is -0.483 e. The Hall–Kier alpha value is -2.65. The Kier molecular flexibility index (Phi) is 7.73. The van der Waals surface area contributed by atoms with Gasteiger partial charge in [0.25, 0.3) is 5.91 Å². The van der Waals surface area contributed by atoms with Crippen molar-refractivity contribution in [3.8, 4) is 5.75 Å². The van der Waals surface area contributed by atoms with E-state index in [1.54, 1.807) is 42.2 Å². The molecule has 2 aliphatic rings. The van der Waals surface area contributed by atoms with Gasteiger partial charge < -0.3 is 14.5 Å². The molecule has 1 saturated carbocycles. The van der Waals surface area contributed by atoms with Gasteiger partial charge in [-0.3, -0.25) is 4.79 Å². The second-order valence-electron chi connectivity index (χ2n) is 8.99. The first kappa shape index (κ1) is 24.5. The van der Waals surface area contributed by atoms with Gasteiger partial charge in [0.2, 0.25) is 10.0 Å². The molecule has 1 aliphatic heterocycles. The number of halogens is 1. The maximum absolute atomic E-state index is 14.0. The molecule has 7 nitrogen and oxygen atoms in total. The lowest BCUT2D eigenvalue weighted by Gasteiger charge is -2.36. The summed E-state index contributed by atoms with van der Waals surface area (Å²) in [6.45, 7) is 3.71. The predicted molar refractivity (Wildman–Crippen MR) is 129 cm³/mol. The van der Waals surface area contributed by atoms with Gasteiger partial charge in [0.05, 0.1) is 10.6 Å². The lowest BCUT2D eigenvalue weighted by molar-refractivity contribution is -0.133. The Balaban J connectivity index is 1.29. The van der Waals surface area contributed by atoms with Crippen LogP contribution in [0.5, 0.6) is 5.75 Å². The van der Waals surface area contributed by atoms with Crippen molar-refractivity contribution >= 4 is 21.6 Å². The molecule has 1 N–H and O–H groups in total. The summed E-state index contributed by atoms with van der Waals surface area (Å²) < 4.78 is 48.0. The van der Waals surface area contributed by atoms with Gasteiger partial charge in [0.1, 0.15) is 11.6 Å². The molecule has 9 heteroatoms. The van der Waals surface area contributed by atoms with Crippen LogP contribution in [0.25, 0.3) is 0 Å². The summed E-state index contributed by atoms with van der Waals surface area (Å²) in [5.41, 5.74) is 1.21. The van der Waals surface area contributed by atoms with Crippen molar-refractivity contribution in [2.45, 2.75) is 50.0 Å². The number of amides is 1. The average molecular weight is 490 g/mol. The lowest BCUT2D eigenvalue weighted by Crippen LogP contribution is -2.50. The highest BCUT2D eigenvalue weighted by Gasteiger charge is 2.24. The zero-order chi connectivity index (χ0) is 24.1. The number of benzene rings is 2. The van der Waals surface area contributed by atoms with E-state index in [1.807, 2.05) is 4.90 Å². The van der Waals surface area contributed by atoms with Gasteiger partial charge in [0, 0.05) is 32.2 Å². The summed E-state index contributed by atoms with van der Waals surface area (Å²) in [6, 6.07) is 11.3. The van der Waals surface area contributed by atoms with Crippen LogP contribution in [-0.2, 0) is 14.8 Å². The van der Waals surface area contributed by atoms with Crippen LogP contribution >= 0.6 is 0 Å². The SMILES string of the molecule is Cc1cc(S(=O)(=O)NC2CCCCC2)ccc1OCC(=O)N1CCN(c2ccccc2F)CC1. The number of nitrogens with one attached hydrogen (secondary N) is 1. The standard InChI is InChI=1S/C25H32FN3O4S/c1-19-17-21(34(31,32)27-20-7-3-2-4-8-20)11-12-24(19)33-18-25(30)29-15-13-28(14-16-29)23-10-6-5-9-22(23)26/h5-6,9-12,17,20,27H,2-4,7-8,13-16,18H2,1H3. The number of carbonyl (C=O) groups excluding carboxylic acids is 1. The molecule has 0 bridgehead atoms. The van der Waals surface area contributed by atoms with Gasteiger partial charge in [-0.05, 0) is 55.7 Å². The van der Waals surface area contributed by atoms with Crippen LogP contribution < -0.4 is 14.4 Å². The first-order chi connectivity index (χ1) is 16.3. The third kappa shape index (κ3) is 5.88. The van der Waals surface area contributed by atoms with Gasteiger partial charge in [-0.25, -0.2) is 17.5 Å². The third-order valence-corrected chi connectivity index (χ3v) is 8.08. The van der Waals surface area contributed by atoms with E-state index in [9.17, 15) is 17.6 Å². The molecule has 1 saturated heterocycles. The van der Waals surface area contributed by atoms with Crippen LogP contribution in [0.3, 0.4) is 0 Å². The topological polar surface area (TPSA) is 78.9 Å². The number of hydrogen-bond acceptors (Lipinski definition) is 5. The van der Waals surface area contributed by atoms with E-state index in [-0.39, 0.29) is 29.3 Å². The number of para-hydroxylation sites is 1. The summed E-state index contributed by atoms with van der Waals surface area (Å²) in [7, 11) is -3.59. The molecule has 2 aromatic carbocycles. The maximum atomic E-state index is 14.0. The van der Waals surface area contributed by atoms with E-state index < -0.39 is 10.0 Å². The van der Waals surface area contributed by atoms with Crippen molar-refractivity contribution in [1.29, 1.82) is 0 Å². The summed E-state index contributed by atoms with van der Waals surface area (Å²) in [4.78, 5) is 16.5. The van der Waals surface area contributed by atoms with Crippen molar-refractivity contribution in [2.75, 3.05) is 37.7 Å². The highest BCUT2D eigenvalue weighted by atomic mass is 32.2. The number of nitrogens with zero attached hydrogens (tertiary/aromatic N) is 2. The molecule has 34 heavy (non-hydrogen) atoms. The highest BCUT2D eigenvalue weighted by molar-refractivity contribution is 7.89. The predicted octanol–water partition coefficient (Wildman–Crippen LogP) is 3.47. The molecule has 0 aromatic heterocycles. The molecule has 2 fully saturated rings. The van der Waals surface area contributed by atoms with E-state index in [0.29, 0.717) is 43.2 Å². The molecule has 0 atom stereocenters. The number of piperazine rings is 1. The van der Waals surface area contributed by atoms with Gasteiger partial charge in [-0.2, -0.15) is 0 Å². The molecule has 0 radical (unpaired) electrons. The first-order valence-electron chi connectivity index (χ1n) is 11.9. The van der Waals surface area contributed by atoms with Gasteiger partial charge in [0.15, 0.2) is 6.61 Å². The summed E-state index contributed by atoms with van der Waals surface area (Å²) in [5, 5.41) is 0. The molecular formula is C25H32FN3O4S. The van der Waals surface area contributed by atoms with Gasteiger partial charge >= 0.3 is 0 Å². The summed E-state index contributed by atoms with van der Waals surface area (Å²) in [5.74, 6) is 0.0682. The molecule has 0 unspecified atom stereocenters. The monoisotopic (exact) mass is 489 g/mol. The molecular weight excluding hydrogens is 457 g/mol. The largest absolute Gasteiger partial charge is 0.483 e. The van der Waals surface area contributed by atoms with Crippen molar-refractivity contribution in [3.63, 3.8) is 0 Å². The van der Waals surface area contributed by atoms with Crippen molar-refractivity contribution < 1.29 is 22.3 Å². The fraction of sp³-hybridized carbons (Fsp3) is 0.480. The second-order valence-corrected chi connectivity index (χ2v) is 10.7. The van der Waals surface area contributed by atoms with Gasteiger partial charge in [-0.15, -0.1) is 0 Å². The second kappa shape index (κ2) is 10.7. The number of hydrogen-bond donors (Lipinski definition) is 1. The quantitative estimate of drug-likeness (QED) is 0.644. The van der Waals surface area contributed by atoms with Crippen LogP contribution in [0.1, 0.15) is 37.7 Å². The fourth-order valence-corrected chi connectivity index (χ4v) is 5.98. The minimum atomic E-state index is -3.59. The molecule has 184 valence electrons. The van der Waals surface area contributed by atoms with Gasteiger partial charge in [-0.1, -0.05) is 31.4 Å². The Morgan fingerprint density at radius 2 is 1.76 bits per heavy atom. The Labute approximate surface area is 200 Å². The maximum Gasteiger partial charge on any atom is 0.260 e. The van der Waals surface area contributed by atoms with Crippen molar-refractivity contribution in [1.82, 2.24) is 9.62 Å². The van der Waals surface area contributed by atoms with Crippen LogP contribution in [0.4, 0.5) is 10.1 Å². The van der Waals surface area contributed by atoms with Crippen LogP contribution in [0.15, 0.2) is 47.4 Å². The molecule has 4 rings (SSSR count). The Morgan fingerprint density at radius 1 is 1.06 bits per heavy atom. The summed E-state index contributed by atoms with van der Waals surface area (Å²) in [6.07, 6.45) is 4.99. The normalized spacial score (nSPS) is 17.6. The molecule has 1 amide bonds. The van der Waals surface area contributed by atoms with Crippen LogP contribution in [-0.4, -0.2) is 58.1 Å². The smallest absolute Gasteiger partial charge is 0.260 e. The van der Waals surface area contributed by atoms with E-state index >= 15 is 0 Å². The third-order valence-electron chi connectivity index (χ3n) is 6.56. The Morgan fingerprint density at radius 3 is 2.44 bits per heavy atom. The number of anilines is 1. The highest BCUT2D eigenvalue weighted by Crippen LogP contribution is 2.25. The molecule has 0 spiro atoms. The number of ether oxygens (including phenoxy) is 1. The van der Waals surface area contributed by atoms with Crippen LogP contribution in [0, 0.1) is 12.7 Å². The molecule has 1 aliphatic carbocycles. The minimum absolute atomic E-state index is 0.00791. The average Bonchev–Trinajstić information content (AvgIpc) is 2.84. The zero-order valence-corrected chi connectivity index (χ0v) is 20.3. The Bertz CT molecular complexity index is 1110. The van der Waals surface area contributed by atoms with Crippen molar-refractivity contribution in [3.05, 3.63) is 53.8 Å².